The molecule has 2 rings (SSSR count). The second-order valence-corrected chi connectivity index (χ2v) is 6.57. The van der Waals surface area contributed by atoms with Crippen LogP contribution in [0, 0.1) is 10.1 Å². The van der Waals surface area contributed by atoms with Crippen LogP contribution < -0.4 is 44.3 Å². The van der Waals surface area contributed by atoms with Crippen LogP contribution >= 0.6 is 7.60 Å². The number of hydrogen-bond acceptors (Lipinski definition) is 7. The van der Waals surface area contributed by atoms with E-state index in [2.05, 4.69) is 5.32 Å². The number of amides is 1. The summed E-state index contributed by atoms with van der Waals surface area (Å²) in [4.78, 5) is 33.2. The zero-order valence-corrected chi connectivity index (χ0v) is 16.8. The van der Waals surface area contributed by atoms with E-state index in [1.807, 2.05) is 6.07 Å². The Morgan fingerprint density at radius 2 is 1.73 bits per heavy atom. The van der Waals surface area contributed by atoms with Crippen LogP contribution in [0.4, 0.5) is 10.5 Å². The fraction of sp³-hybridized carbons (Fsp3) is 0.133. The number of nitrogens with zero attached hydrogens (tertiary/aromatic N) is 1. The van der Waals surface area contributed by atoms with Crippen molar-refractivity contribution in [3.8, 4) is 5.75 Å². The molecule has 0 spiro atoms. The smallest absolute Gasteiger partial charge is 0.768 e. The molecule has 0 aliphatic rings. The van der Waals surface area contributed by atoms with Crippen molar-refractivity contribution in [3.05, 3.63) is 70.3 Å². The third kappa shape index (κ3) is 7.55. The number of carbonyl (C=O) groups excluding carboxylic acids is 1. The van der Waals surface area contributed by atoms with E-state index in [1.54, 1.807) is 24.3 Å². The molecule has 0 aromatic heterocycles. The number of nitro benzene ring substituents is 1. The number of carbonyl (C=O) groups is 1. The quantitative estimate of drug-likeness (QED) is 0.290. The van der Waals surface area contributed by atoms with Crippen molar-refractivity contribution >= 4 is 19.4 Å². The molecule has 11 heteroatoms. The van der Waals surface area contributed by atoms with Crippen LogP contribution in [0.3, 0.4) is 0 Å². The normalized spacial score (nSPS) is 12.2. The van der Waals surface area contributed by atoms with Gasteiger partial charge in [-0.1, -0.05) is 30.3 Å². The Hall–Kier alpha value is -1.90. The minimum atomic E-state index is -4.43. The Morgan fingerprint density at radius 1 is 1.12 bits per heavy atom. The Bertz CT molecular complexity index is 786. The van der Waals surface area contributed by atoms with Gasteiger partial charge in [0.05, 0.1) is 11.2 Å². The molecule has 0 fully saturated rings. The molecule has 132 valence electrons. The van der Waals surface area contributed by atoms with Crippen molar-refractivity contribution in [2.75, 3.05) is 6.29 Å². The standard InChI is InChI=1S/C15H15N2O7P.Na/c18-15(23-10-12-4-2-1-3-5-12)16-11-25(21,22)24-14-8-6-13(7-9-14)17(19)20;/h1-9H,10-11H2,(H,16,18)(H,21,22);/q;+1/p-1. The summed E-state index contributed by atoms with van der Waals surface area (Å²) >= 11 is 0. The Morgan fingerprint density at radius 3 is 2.31 bits per heavy atom. The van der Waals surface area contributed by atoms with E-state index in [0.29, 0.717) is 0 Å². The number of ether oxygens (including phenoxy) is 1. The number of alkyl carbamates (subject to hydrolysis) is 1. The van der Waals surface area contributed by atoms with Gasteiger partial charge in [0.25, 0.3) is 5.69 Å². The Kier molecular flexibility index (Phi) is 8.77. The molecule has 0 aliphatic carbocycles. The maximum absolute atomic E-state index is 11.8. The van der Waals surface area contributed by atoms with E-state index < -0.39 is 24.9 Å². The molecule has 1 N–H and O–H groups in total. The molecule has 9 nitrogen and oxygen atoms in total. The van der Waals surface area contributed by atoms with Crippen molar-refractivity contribution in [1.29, 1.82) is 0 Å². The first-order chi connectivity index (χ1) is 11.9. The van der Waals surface area contributed by atoms with Gasteiger partial charge in [-0.2, -0.15) is 0 Å². The average molecular weight is 388 g/mol. The van der Waals surface area contributed by atoms with Gasteiger partial charge in [-0.25, -0.2) is 4.79 Å². The third-order valence-electron chi connectivity index (χ3n) is 2.92. The minimum absolute atomic E-state index is 0. The van der Waals surface area contributed by atoms with E-state index >= 15 is 0 Å². The van der Waals surface area contributed by atoms with E-state index in [9.17, 15) is 24.4 Å². The van der Waals surface area contributed by atoms with Gasteiger partial charge in [0.15, 0.2) is 0 Å². The van der Waals surface area contributed by atoms with Crippen molar-refractivity contribution in [2.24, 2.45) is 0 Å². The summed E-state index contributed by atoms with van der Waals surface area (Å²) in [6.07, 6.45) is -1.69. The molecular weight excluding hydrogens is 374 g/mol. The van der Waals surface area contributed by atoms with Crippen molar-refractivity contribution < 1.29 is 58.0 Å². The van der Waals surface area contributed by atoms with Crippen molar-refractivity contribution in [1.82, 2.24) is 5.32 Å². The number of nitrogens with one attached hydrogen (secondary N) is 1. The van der Waals surface area contributed by atoms with Crippen molar-refractivity contribution in [2.45, 2.75) is 6.61 Å². The Balaban J connectivity index is 0.00000338. The van der Waals surface area contributed by atoms with Crippen LogP contribution in [0.2, 0.25) is 0 Å². The molecule has 1 unspecified atom stereocenters. The zero-order valence-electron chi connectivity index (χ0n) is 13.9. The largest absolute Gasteiger partial charge is 1.00 e. The molecular formula is C15H14N2NaO7P. The fourth-order valence-corrected chi connectivity index (χ4v) is 2.59. The van der Waals surface area contributed by atoms with Gasteiger partial charge < -0.3 is 19.5 Å². The number of non-ortho nitro benzene ring substituents is 1. The number of benzene rings is 2. The summed E-state index contributed by atoms with van der Waals surface area (Å²) in [5, 5.41) is 12.6. The molecule has 0 saturated heterocycles. The number of nitro groups is 1. The second-order valence-electron chi connectivity index (χ2n) is 4.85. The van der Waals surface area contributed by atoms with Crippen LogP contribution in [0.1, 0.15) is 5.56 Å². The molecule has 1 atom stereocenters. The van der Waals surface area contributed by atoms with Gasteiger partial charge in [-0.3, -0.25) is 14.7 Å². The van der Waals surface area contributed by atoms with Gasteiger partial charge in [-0.15, -0.1) is 0 Å². The summed E-state index contributed by atoms with van der Waals surface area (Å²) in [5.74, 6) is -0.0941. The molecule has 0 saturated carbocycles. The Labute approximate surface area is 171 Å². The van der Waals surface area contributed by atoms with Crippen LogP contribution in [0.25, 0.3) is 0 Å². The SMILES string of the molecule is O=C(NCP(=O)([O-])Oc1ccc([N+](=O)[O-])cc1)OCc1ccccc1.[Na+]. The van der Waals surface area contributed by atoms with Crippen molar-refractivity contribution in [3.63, 3.8) is 0 Å². The molecule has 2 aromatic rings. The first kappa shape index (κ1) is 22.1. The maximum Gasteiger partial charge on any atom is 1.00 e. The predicted octanol–water partition coefficient (Wildman–Crippen LogP) is -0.585. The van der Waals surface area contributed by atoms with Crippen LogP contribution in [-0.2, 0) is 15.9 Å². The summed E-state index contributed by atoms with van der Waals surface area (Å²) in [5.41, 5.74) is 0.556. The summed E-state index contributed by atoms with van der Waals surface area (Å²) < 4.78 is 21.4. The van der Waals surface area contributed by atoms with Gasteiger partial charge >= 0.3 is 35.7 Å². The van der Waals surface area contributed by atoms with E-state index in [1.165, 1.54) is 0 Å². The topological polar surface area (TPSA) is 131 Å². The predicted molar refractivity (Wildman–Crippen MR) is 86.0 cm³/mol. The molecule has 26 heavy (non-hydrogen) atoms. The molecule has 0 aliphatic heterocycles. The average Bonchev–Trinajstić information content (AvgIpc) is 2.59. The minimum Gasteiger partial charge on any atom is -0.768 e. The van der Waals surface area contributed by atoms with Gasteiger partial charge in [0.2, 0.25) is 7.60 Å². The molecule has 0 heterocycles. The number of hydrogen-bond donors (Lipinski definition) is 1. The third-order valence-corrected chi connectivity index (χ3v) is 3.96. The first-order valence-corrected chi connectivity index (χ1v) is 8.77. The molecule has 0 radical (unpaired) electrons. The summed E-state index contributed by atoms with van der Waals surface area (Å²) in [6, 6.07) is 13.4. The molecule has 0 bridgehead atoms. The fourth-order valence-electron chi connectivity index (χ4n) is 1.76. The zero-order chi connectivity index (χ0) is 18.3. The second kappa shape index (κ2) is 10.3. The van der Waals surface area contributed by atoms with Crippen LogP contribution in [-0.4, -0.2) is 17.3 Å². The number of rotatable bonds is 7. The summed E-state index contributed by atoms with van der Waals surface area (Å²) in [7, 11) is -4.43. The van der Waals surface area contributed by atoms with E-state index in [-0.39, 0.29) is 47.6 Å². The van der Waals surface area contributed by atoms with Gasteiger partial charge in [0.1, 0.15) is 12.4 Å². The van der Waals surface area contributed by atoms with E-state index in [4.69, 9.17) is 9.26 Å². The van der Waals surface area contributed by atoms with Gasteiger partial charge in [0, 0.05) is 12.1 Å². The summed E-state index contributed by atoms with van der Waals surface area (Å²) in [6.45, 7) is -0.000951. The van der Waals surface area contributed by atoms with Crippen LogP contribution in [0.5, 0.6) is 5.75 Å². The molecule has 1 amide bonds. The first-order valence-electron chi connectivity index (χ1n) is 7.04. The van der Waals surface area contributed by atoms with E-state index in [0.717, 1.165) is 29.8 Å². The van der Waals surface area contributed by atoms with Crippen LogP contribution in [0.15, 0.2) is 54.6 Å². The van der Waals surface area contributed by atoms with Gasteiger partial charge in [-0.05, 0) is 17.7 Å². The maximum atomic E-state index is 11.8. The molecule has 2 aromatic carbocycles. The monoisotopic (exact) mass is 388 g/mol.